The molecular formula is C10H19N3. The third-order valence-electron chi connectivity index (χ3n) is 1.81. The lowest BCUT2D eigenvalue weighted by atomic mass is 10.1. The molecule has 1 rings (SSSR count). The molecule has 0 fully saturated rings. The number of hydrogen-bond donors (Lipinski definition) is 1. The van der Waals surface area contributed by atoms with E-state index in [1.54, 1.807) is 0 Å². The van der Waals surface area contributed by atoms with Crippen LogP contribution in [0.2, 0.25) is 0 Å². The van der Waals surface area contributed by atoms with Crippen LogP contribution in [0.4, 0.5) is 0 Å². The maximum Gasteiger partial charge on any atom is 0.0945 e. The summed E-state index contributed by atoms with van der Waals surface area (Å²) in [5.41, 5.74) is 0.231. The van der Waals surface area contributed by atoms with Crippen molar-refractivity contribution in [2.75, 3.05) is 6.54 Å². The van der Waals surface area contributed by atoms with Gasteiger partial charge in [0.2, 0.25) is 0 Å². The van der Waals surface area contributed by atoms with Crippen molar-refractivity contribution in [3.63, 3.8) is 0 Å². The van der Waals surface area contributed by atoms with Gasteiger partial charge in [0.15, 0.2) is 0 Å². The highest BCUT2D eigenvalue weighted by Gasteiger charge is 2.06. The molecule has 0 amide bonds. The minimum absolute atomic E-state index is 0.231. The van der Waals surface area contributed by atoms with Crippen molar-refractivity contribution in [1.29, 1.82) is 0 Å². The number of imidazole rings is 1. The summed E-state index contributed by atoms with van der Waals surface area (Å²) in [5, 5.41) is 3.45. The first-order chi connectivity index (χ1) is 6.08. The van der Waals surface area contributed by atoms with Crippen molar-refractivity contribution in [2.24, 2.45) is 0 Å². The summed E-state index contributed by atoms with van der Waals surface area (Å²) in [7, 11) is 0. The second-order valence-electron chi connectivity index (χ2n) is 4.33. The lowest BCUT2D eigenvalue weighted by Gasteiger charge is -2.20. The van der Waals surface area contributed by atoms with Gasteiger partial charge in [0.25, 0.3) is 0 Å². The fourth-order valence-electron chi connectivity index (χ4n) is 1.14. The summed E-state index contributed by atoms with van der Waals surface area (Å²) < 4.78 is 2.10. The zero-order valence-corrected chi connectivity index (χ0v) is 8.75. The highest BCUT2D eigenvalue weighted by Crippen LogP contribution is 1.98. The average Bonchev–Trinajstić information content (AvgIpc) is 2.48. The molecule has 0 aliphatic rings. The third kappa shape index (κ3) is 4.68. The molecule has 3 nitrogen and oxygen atoms in total. The quantitative estimate of drug-likeness (QED) is 0.716. The van der Waals surface area contributed by atoms with Crippen molar-refractivity contribution < 1.29 is 0 Å². The Kier molecular flexibility index (Phi) is 3.48. The van der Waals surface area contributed by atoms with Crippen LogP contribution in [0, 0.1) is 0 Å². The molecule has 74 valence electrons. The Bertz CT molecular complexity index is 221. The van der Waals surface area contributed by atoms with Gasteiger partial charge in [-0.2, -0.15) is 0 Å². The Hall–Kier alpha value is -0.830. The average molecular weight is 181 g/mol. The Morgan fingerprint density at radius 1 is 1.38 bits per heavy atom. The molecule has 1 aromatic rings. The Morgan fingerprint density at radius 2 is 2.15 bits per heavy atom. The van der Waals surface area contributed by atoms with Gasteiger partial charge in [-0.15, -0.1) is 0 Å². The molecule has 0 aliphatic heterocycles. The van der Waals surface area contributed by atoms with Gasteiger partial charge in [0.1, 0.15) is 0 Å². The lowest BCUT2D eigenvalue weighted by molar-refractivity contribution is 0.413. The van der Waals surface area contributed by atoms with Gasteiger partial charge in [0.05, 0.1) is 6.33 Å². The van der Waals surface area contributed by atoms with Crippen molar-refractivity contribution in [1.82, 2.24) is 14.9 Å². The summed E-state index contributed by atoms with van der Waals surface area (Å²) in [6.45, 7) is 8.66. The number of aryl methyl sites for hydroxylation is 1. The SMILES string of the molecule is CC(C)(C)NCCCn1ccnc1. The van der Waals surface area contributed by atoms with Crippen LogP contribution in [0.25, 0.3) is 0 Å². The molecule has 13 heavy (non-hydrogen) atoms. The largest absolute Gasteiger partial charge is 0.337 e. The van der Waals surface area contributed by atoms with Crippen LogP contribution >= 0.6 is 0 Å². The van der Waals surface area contributed by atoms with Gasteiger partial charge in [-0.1, -0.05) is 0 Å². The molecule has 0 aromatic carbocycles. The molecule has 0 radical (unpaired) electrons. The molecule has 0 unspecified atom stereocenters. The third-order valence-corrected chi connectivity index (χ3v) is 1.81. The van der Waals surface area contributed by atoms with Crippen LogP contribution in [-0.2, 0) is 6.54 Å². The Labute approximate surface area is 80.2 Å². The first-order valence-corrected chi connectivity index (χ1v) is 4.79. The highest BCUT2D eigenvalue weighted by atomic mass is 15.0. The molecule has 0 saturated heterocycles. The van der Waals surface area contributed by atoms with Crippen molar-refractivity contribution in [2.45, 2.75) is 39.3 Å². The topological polar surface area (TPSA) is 29.9 Å². The second kappa shape index (κ2) is 4.42. The van der Waals surface area contributed by atoms with E-state index < -0.39 is 0 Å². The Morgan fingerprint density at radius 3 is 2.69 bits per heavy atom. The van der Waals surface area contributed by atoms with E-state index in [0.717, 1.165) is 19.5 Å². The van der Waals surface area contributed by atoms with Gasteiger partial charge in [-0.25, -0.2) is 4.98 Å². The van der Waals surface area contributed by atoms with E-state index in [4.69, 9.17) is 0 Å². The van der Waals surface area contributed by atoms with Crippen LogP contribution in [-0.4, -0.2) is 21.6 Å². The molecule has 1 heterocycles. The van der Waals surface area contributed by atoms with E-state index in [9.17, 15) is 0 Å². The standard InChI is InChI=1S/C10H19N3/c1-10(2,3)12-5-4-7-13-8-6-11-9-13/h6,8-9,12H,4-5,7H2,1-3H3. The second-order valence-corrected chi connectivity index (χ2v) is 4.33. The number of nitrogens with zero attached hydrogens (tertiary/aromatic N) is 2. The zero-order chi connectivity index (χ0) is 9.73. The molecule has 0 spiro atoms. The number of rotatable bonds is 4. The Balaban J connectivity index is 2.09. The maximum atomic E-state index is 3.99. The van der Waals surface area contributed by atoms with Crippen LogP contribution in [0.3, 0.4) is 0 Å². The van der Waals surface area contributed by atoms with Crippen molar-refractivity contribution in [3.8, 4) is 0 Å². The molecule has 0 atom stereocenters. The molecule has 0 bridgehead atoms. The van der Waals surface area contributed by atoms with Gasteiger partial charge in [-0.05, 0) is 33.7 Å². The summed E-state index contributed by atoms with van der Waals surface area (Å²) >= 11 is 0. The van der Waals surface area contributed by atoms with E-state index in [1.165, 1.54) is 0 Å². The molecule has 1 aromatic heterocycles. The van der Waals surface area contributed by atoms with Crippen LogP contribution in [0.15, 0.2) is 18.7 Å². The molecule has 1 N–H and O–H groups in total. The fraction of sp³-hybridized carbons (Fsp3) is 0.700. The van der Waals surface area contributed by atoms with Crippen LogP contribution in [0.5, 0.6) is 0 Å². The number of hydrogen-bond acceptors (Lipinski definition) is 2. The molecule has 0 saturated carbocycles. The minimum Gasteiger partial charge on any atom is -0.337 e. The van der Waals surface area contributed by atoms with Gasteiger partial charge < -0.3 is 9.88 Å². The summed E-state index contributed by atoms with van der Waals surface area (Å²) in [5.74, 6) is 0. The van der Waals surface area contributed by atoms with Gasteiger partial charge in [-0.3, -0.25) is 0 Å². The lowest BCUT2D eigenvalue weighted by Crippen LogP contribution is -2.36. The molecule has 0 aliphatic carbocycles. The summed E-state index contributed by atoms with van der Waals surface area (Å²) in [6.07, 6.45) is 6.82. The van der Waals surface area contributed by atoms with E-state index >= 15 is 0 Å². The van der Waals surface area contributed by atoms with E-state index in [2.05, 4.69) is 35.6 Å². The predicted octanol–water partition coefficient (Wildman–Crippen LogP) is 1.66. The normalized spacial score (nSPS) is 11.9. The van der Waals surface area contributed by atoms with E-state index in [0.29, 0.717) is 0 Å². The summed E-state index contributed by atoms with van der Waals surface area (Å²) in [6, 6.07) is 0. The van der Waals surface area contributed by atoms with E-state index in [1.807, 2.05) is 18.7 Å². The maximum absolute atomic E-state index is 3.99. The number of nitrogens with one attached hydrogen (secondary N) is 1. The first-order valence-electron chi connectivity index (χ1n) is 4.79. The molecule has 3 heteroatoms. The van der Waals surface area contributed by atoms with Crippen molar-refractivity contribution in [3.05, 3.63) is 18.7 Å². The minimum atomic E-state index is 0.231. The zero-order valence-electron chi connectivity index (χ0n) is 8.75. The van der Waals surface area contributed by atoms with Crippen LogP contribution < -0.4 is 5.32 Å². The predicted molar refractivity (Wildman–Crippen MR) is 54.6 cm³/mol. The van der Waals surface area contributed by atoms with Gasteiger partial charge in [0, 0.05) is 24.5 Å². The van der Waals surface area contributed by atoms with Gasteiger partial charge >= 0.3 is 0 Å². The van der Waals surface area contributed by atoms with Crippen LogP contribution in [0.1, 0.15) is 27.2 Å². The fourth-order valence-corrected chi connectivity index (χ4v) is 1.14. The monoisotopic (exact) mass is 181 g/mol. The smallest absolute Gasteiger partial charge is 0.0945 e. The van der Waals surface area contributed by atoms with E-state index in [-0.39, 0.29) is 5.54 Å². The summed E-state index contributed by atoms with van der Waals surface area (Å²) in [4.78, 5) is 3.99. The molecular weight excluding hydrogens is 162 g/mol. The van der Waals surface area contributed by atoms with Crippen molar-refractivity contribution >= 4 is 0 Å². The first kappa shape index (κ1) is 10.3. The highest BCUT2D eigenvalue weighted by molar-refractivity contribution is 4.74. The number of aromatic nitrogens is 2.